The molecule has 0 fully saturated rings. The number of anilines is 3. The second-order valence-electron chi connectivity index (χ2n) is 4.10. The van der Waals surface area contributed by atoms with Gasteiger partial charge in [0.2, 0.25) is 0 Å². The molecule has 0 radical (unpaired) electrons. The highest BCUT2D eigenvalue weighted by Gasteiger charge is 2.18. The molecule has 21 heavy (non-hydrogen) atoms. The van der Waals surface area contributed by atoms with Crippen LogP contribution in [0.15, 0.2) is 28.9 Å². The summed E-state index contributed by atoms with van der Waals surface area (Å²) in [6, 6.07) is 5.18. The third kappa shape index (κ3) is 3.40. The number of carboxylic acid groups (broad SMARTS) is 1. The molecule has 0 atom stereocenters. The highest BCUT2D eigenvalue weighted by Crippen LogP contribution is 2.33. The number of hydrogen-bond acceptors (Lipinski definition) is 4. The van der Waals surface area contributed by atoms with Crippen LogP contribution in [-0.2, 0) is 5.88 Å². The Bertz CT molecular complexity index is 710. The minimum absolute atomic E-state index is 0.0242. The lowest BCUT2D eigenvalue weighted by Crippen LogP contribution is -2.09. The third-order valence-electron chi connectivity index (χ3n) is 2.77. The Morgan fingerprint density at radius 3 is 2.76 bits per heavy atom. The topological polar surface area (TPSA) is 88.2 Å². The predicted octanol–water partition coefficient (Wildman–Crippen LogP) is 4.26. The van der Waals surface area contributed by atoms with Gasteiger partial charge in [0.25, 0.3) is 0 Å². The smallest absolute Gasteiger partial charge is 0.339 e. The van der Waals surface area contributed by atoms with Crippen LogP contribution in [0, 0.1) is 0 Å². The fourth-order valence-electron chi connectivity index (χ4n) is 1.73. The molecule has 2 rings (SSSR count). The van der Waals surface area contributed by atoms with Gasteiger partial charge in [0, 0.05) is 16.2 Å². The maximum atomic E-state index is 11.3. The van der Waals surface area contributed by atoms with Gasteiger partial charge in [-0.05, 0) is 18.2 Å². The van der Waals surface area contributed by atoms with Crippen molar-refractivity contribution in [3.8, 4) is 0 Å². The Kier molecular flexibility index (Phi) is 4.92. The van der Waals surface area contributed by atoms with Gasteiger partial charge >= 0.3 is 5.97 Å². The van der Waals surface area contributed by atoms with Crippen LogP contribution in [0.1, 0.15) is 15.9 Å². The van der Waals surface area contributed by atoms with Crippen molar-refractivity contribution >= 4 is 62.3 Å². The first-order valence-electron chi connectivity index (χ1n) is 5.72. The molecule has 0 saturated heterocycles. The summed E-state index contributed by atoms with van der Waals surface area (Å²) in [4.78, 5) is 15.2. The molecule has 0 unspecified atom stereocenters. The Balaban J connectivity index is 2.56. The van der Waals surface area contributed by atoms with E-state index in [1.54, 1.807) is 18.2 Å². The van der Waals surface area contributed by atoms with E-state index in [9.17, 15) is 9.90 Å². The molecule has 0 aliphatic carbocycles. The van der Waals surface area contributed by atoms with Crippen molar-refractivity contribution in [3.63, 3.8) is 0 Å². The van der Waals surface area contributed by atoms with Gasteiger partial charge in [-0.1, -0.05) is 27.5 Å². The number of nitrogens with one attached hydrogen (secondary N) is 1. The summed E-state index contributed by atoms with van der Waals surface area (Å²) in [5.41, 5.74) is 6.96. The average molecular weight is 391 g/mol. The Morgan fingerprint density at radius 1 is 1.48 bits per heavy atom. The van der Waals surface area contributed by atoms with Gasteiger partial charge in [-0.2, -0.15) is 0 Å². The molecule has 1 aromatic carbocycles. The van der Waals surface area contributed by atoms with Gasteiger partial charge in [0.15, 0.2) is 0 Å². The SMILES string of the molecule is Nc1ncc(C(=O)O)c(Nc2ccc(Br)cc2Cl)c1CCl. The zero-order valence-electron chi connectivity index (χ0n) is 10.5. The van der Waals surface area contributed by atoms with Crippen molar-refractivity contribution < 1.29 is 9.90 Å². The largest absolute Gasteiger partial charge is 0.478 e. The Morgan fingerprint density at radius 2 is 2.19 bits per heavy atom. The van der Waals surface area contributed by atoms with Crippen LogP contribution < -0.4 is 11.1 Å². The van der Waals surface area contributed by atoms with E-state index in [-0.39, 0.29) is 22.9 Å². The van der Waals surface area contributed by atoms with Crippen molar-refractivity contribution in [2.45, 2.75) is 5.88 Å². The lowest BCUT2D eigenvalue weighted by molar-refractivity contribution is 0.0697. The molecule has 0 saturated carbocycles. The molecule has 4 N–H and O–H groups in total. The van der Waals surface area contributed by atoms with Crippen molar-refractivity contribution in [2.24, 2.45) is 0 Å². The summed E-state index contributed by atoms with van der Waals surface area (Å²) in [6.45, 7) is 0. The highest BCUT2D eigenvalue weighted by molar-refractivity contribution is 9.10. The number of carboxylic acids is 1. The quantitative estimate of drug-likeness (QED) is 0.678. The molecule has 0 amide bonds. The molecule has 8 heteroatoms. The van der Waals surface area contributed by atoms with E-state index in [1.807, 2.05) is 0 Å². The van der Waals surface area contributed by atoms with Crippen LogP contribution in [0.4, 0.5) is 17.2 Å². The molecule has 0 aliphatic heterocycles. The van der Waals surface area contributed by atoms with E-state index in [0.29, 0.717) is 16.3 Å². The maximum Gasteiger partial charge on any atom is 0.339 e. The molecule has 0 bridgehead atoms. The molecule has 1 heterocycles. The number of aromatic nitrogens is 1. The number of pyridine rings is 1. The van der Waals surface area contributed by atoms with Gasteiger partial charge in [0.1, 0.15) is 11.4 Å². The lowest BCUT2D eigenvalue weighted by Gasteiger charge is -2.15. The molecule has 0 spiro atoms. The average Bonchev–Trinajstić information content (AvgIpc) is 2.41. The van der Waals surface area contributed by atoms with Gasteiger partial charge in [-0.15, -0.1) is 11.6 Å². The van der Waals surface area contributed by atoms with Crippen molar-refractivity contribution in [3.05, 3.63) is 45.0 Å². The zero-order chi connectivity index (χ0) is 15.6. The summed E-state index contributed by atoms with van der Waals surface area (Å²) in [6.07, 6.45) is 1.18. The first-order valence-corrected chi connectivity index (χ1v) is 7.43. The summed E-state index contributed by atoms with van der Waals surface area (Å²) in [7, 11) is 0. The number of benzene rings is 1. The van der Waals surface area contributed by atoms with E-state index >= 15 is 0 Å². The van der Waals surface area contributed by atoms with E-state index in [4.69, 9.17) is 28.9 Å². The fraction of sp³-hybridized carbons (Fsp3) is 0.0769. The van der Waals surface area contributed by atoms with Gasteiger partial charge in [-0.3, -0.25) is 0 Å². The van der Waals surface area contributed by atoms with Crippen LogP contribution in [0.5, 0.6) is 0 Å². The number of nitrogens with zero attached hydrogens (tertiary/aromatic N) is 1. The van der Waals surface area contributed by atoms with Gasteiger partial charge in [0.05, 0.1) is 22.3 Å². The number of rotatable bonds is 4. The van der Waals surface area contributed by atoms with Crippen molar-refractivity contribution in [1.29, 1.82) is 0 Å². The van der Waals surface area contributed by atoms with Crippen LogP contribution in [0.2, 0.25) is 5.02 Å². The molecular weight excluding hydrogens is 381 g/mol. The van der Waals surface area contributed by atoms with Crippen LogP contribution in [0.3, 0.4) is 0 Å². The zero-order valence-corrected chi connectivity index (χ0v) is 13.6. The predicted molar refractivity (Wildman–Crippen MR) is 87.6 cm³/mol. The van der Waals surface area contributed by atoms with Gasteiger partial charge in [-0.25, -0.2) is 9.78 Å². The third-order valence-corrected chi connectivity index (χ3v) is 3.84. The first-order chi connectivity index (χ1) is 9.93. The maximum absolute atomic E-state index is 11.3. The molecule has 1 aromatic heterocycles. The normalized spacial score (nSPS) is 10.4. The number of nitrogen functional groups attached to an aromatic ring is 1. The minimum Gasteiger partial charge on any atom is -0.478 e. The van der Waals surface area contributed by atoms with Crippen molar-refractivity contribution in [2.75, 3.05) is 11.1 Å². The molecule has 110 valence electrons. The molecule has 5 nitrogen and oxygen atoms in total. The summed E-state index contributed by atoms with van der Waals surface area (Å²) < 4.78 is 0.809. The molecule has 2 aromatic rings. The number of carbonyl (C=O) groups is 1. The lowest BCUT2D eigenvalue weighted by atomic mass is 10.1. The number of alkyl halides is 1. The second-order valence-corrected chi connectivity index (χ2v) is 5.69. The van der Waals surface area contributed by atoms with E-state index in [2.05, 4.69) is 26.2 Å². The number of nitrogens with two attached hydrogens (primary N) is 1. The molecular formula is C13H10BrCl2N3O2. The van der Waals surface area contributed by atoms with Crippen molar-refractivity contribution in [1.82, 2.24) is 4.98 Å². The minimum atomic E-state index is -1.13. The number of aromatic carboxylic acids is 1. The second kappa shape index (κ2) is 6.51. The Hall–Kier alpha value is -1.50. The monoisotopic (exact) mass is 389 g/mol. The fourth-order valence-corrected chi connectivity index (χ4v) is 2.72. The summed E-state index contributed by atoms with van der Waals surface area (Å²) >= 11 is 15.3. The first kappa shape index (κ1) is 15.9. The summed E-state index contributed by atoms with van der Waals surface area (Å²) in [5, 5.41) is 12.7. The Labute approximate surface area is 139 Å². The van der Waals surface area contributed by atoms with Crippen LogP contribution >= 0.6 is 39.1 Å². The highest BCUT2D eigenvalue weighted by atomic mass is 79.9. The van der Waals surface area contributed by atoms with E-state index < -0.39 is 5.97 Å². The van der Waals surface area contributed by atoms with E-state index in [0.717, 1.165) is 4.47 Å². The summed E-state index contributed by atoms with van der Waals surface area (Å²) in [5.74, 6) is -0.938. The van der Waals surface area contributed by atoms with Crippen LogP contribution in [0.25, 0.3) is 0 Å². The van der Waals surface area contributed by atoms with E-state index in [1.165, 1.54) is 6.20 Å². The molecule has 0 aliphatic rings. The number of hydrogen-bond donors (Lipinski definition) is 3. The van der Waals surface area contributed by atoms with Gasteiger partial charge < -0.3 is 16.2 Å². The number of halogens is 3. The van der Waals surface area contributed by atoms with Crippen LogP contribution in [-0.4, -0.2) is 16.1 Å². The standard InChI is InChI=1S/C13H10BrCl2N3O2/c14-6-1-2-10(9(16)3-6)19-11-7(4-15)12(17)18-5-8(11)13(20)21/h1-3,5H,4H2,(H,20,21)(H3,17,18,19).